The lowest BCUT2D eigenvalue weighted by Gasteiger charge is -2.12. The topological polar surface area (TPSA) is 104 Å². The van der Waals surface area contributed by atoms with Gasteiger partial charge in [-0.1, -0.05) is 12.1 Å². The lowest BCUT2D eigenvalue weighted by atomic mass is 10.2. The molecular weight excluding hydrogens is 226 g/mol. The van der Waals surface area contributed by atoms with E-state index in [0.29, 0.717) is 12.2 Å². The predicted octanol–water partition coefficient (Wildman–Crippen LogP) is -0.191. The Morgan fingerprint density at radius 1 is 1.53 bits per heavy atom. The van der Waals surface area contributed by atoms with Crippen LogP contribution in [0.4, 0.5) is 5.82 Å². The number of nitrogens with zero attached hydrogens (tertiary/aromatic N) is 1. The van der Waals surface area contributed by atoms with E-state index in [2.05, 4.69) is 15.8 Å². The highest BCUT2D eigenvalue weighted by Gasteiger charge is 2.18. The minimum absolute atomic E-state index is 0.180. The summed E-state index contributed by atoms with van der Waals surface area (Å²) in [7, 11) is 0. The molecule has 1 heterocycles. The summed E-state index contributed by atoms with van der Waals surface area (Å²) in [5, 5.41) is 17.1. The molecule has 0 radical (unpaired) electrons. The zero-order valence-corrected chi connectivity index (χ0v) is 9.69. The zero-order valence-electron chi connectivity index (χ0n) is 9.69. The van der Waals surface area contributed by atoms with Crippen LogP contribution in [0.5, 0.6) is 0 Å². The van der Waals surface area contributed by atoms with E-state index in [1.54, 1.807) is 13.8 Å². The first-order valence-electron chi connectivity index (χ1n) is 5.22. The molecule has 7 nitrogen and oxygen atoms in total. The number of nitrogens with one attached hydrogen (secondary N) is 2. The van der Waals surface area contributed by atoms with Crippen molar-refractivity contribution in [3.63, 3.8) is 0 Å². The van der Waals surface area contributed by atoms with Gasteiger partial charge in [0.25, 0.3) is 0 Å². The number of hydrogen-bond acceptors (Lipinski definition) is 5. The first-order valence-corrected chi connectivity index (χ1v) is 5.22. The second-order valence-electron chi connectivity index (χ2n) is 3.54. The van der Waals surface area contributed by atoms with Crippen LogP contribution in [0, 0.1) is 6.92 Å². The average molecular weight is 241 g/mol. The summed E-state index contributed by atoms with van der Waals surface area (Å²) in [5.74, 6) is -0.945. The van der Waals surface area contributed by atoms with Crippen LogP contribution in [0.2, 0.25) is 0 Å². The molecule has 1 rings (SSSR count). The maximum atomic E-state index is 11.4. The van der Waals surface area contributed by atoms with Gasteiger partial charge in [-0.3, -0.25) is 14.9 Å². The summed E-state index contributed by atoms with van der Waals surface area (Å²) in [5.41, 5.74) is 0. The molecule has 0 saturated heterocycles. The van der Waals surface area contributed by atoms with Crippen molar-refractivity contribution in [1.82, 2.24) is 10.5 Å². The Balaban J connectivity index is 2.50. The van der Waals surface area contributed by atoms with E-state index < -0.39 is 17.9 Å². The minimum Gasteiger partial charge on any atom is -0.394 e. The van der Waals surface area contributed by atoms with Gasteiger partial charge in [-0.25, -0.2) is 0 Å². The Morgan fingerprint density at radius 2 is 2.24 bits per heavy atom. The van der Waals surface area contributed by atoms with Crippen molar-refractivity contribution in [2.45, 2.75) is 26.3 Å². The predicted molar refractivity (Wildman–Crippen MR) is 59.2 cm³/mol. The molecule has 7 heteroatoms. The van der Waals surface area contributed by atoms with Crippen LogP contribution in [0.15, 0.2) is 10.6 Å². The lowest BCUT2D eigenvalue weighted by Crippen LogP contribution is -2.43. The van der Waals surface area contributed by atoms with E-state index in [1.807, 2.05) is 0 Å². The van der Waals surface area contributed by atoms with E-state index in [-0.39, 0.29) is 12.4 Å². The number of anilines is 1. The molecule has 0 spiro atoms. The third-order valence-corrected chi connectivity index (χ3v) is 2.12. The molecular formula is C10H15N3O4. The molecule has 1 aromatic rings. The normalized spacial score (nSPS) is 11.9. The quantitative estimate of drug-likeness (QED) is 0.634. The Hall–Kier alpha value is -1.89. The van der Waals surface area contributed by atoms with Crippen LogP contribution in [-0.4, -0.2) is 34.7 Å². The molecule has 0 aliphatic carbocycles. The molecule has 1 aromatic heterocycles. The number of aliphatic hydroxyl groups is 1. The van der Waals surface area contributed by atoms with E-state index in [0.717, 1.165) is 0 Å². The molecule has 0 aromatic carbocycles. The summed E-state index contributed by atoms with van der Waals surface area (Å²) >= 11 is 0. The fourth-order valence-corrected chi connectivity index (χ4v) is 1.13. The highest BCUT2D eigenvalue weighted by molar-refractivity contribution is 6.39. The van der Waals surface area contributed by atoms with Gasteiger partial charge in [0.2, 0.25) is 0 Å². The lowest BCUT2D eigenvalue weighted by molar-refractivity contribution is -0.136. The van der Waals surface area contributed by atoms with Gasteiger partial charge in [0.05, 0.1) is 12.6 Å². The number of aryl methyl sites for hydroxylation is 1. The first-order chi connectivity index (χ1) is 8.06. The zero-order chi connectivity index (χ0) is 12.8. The molecule has 94 valence electrons. The molecule has 3 N–H and O–H groups in total. The minimum atomic E-state index is -0.842. The van der Waals surface area contributed by atoms with Crippen LogP contribution < -0.4 is 10.6 Å². The molecule has 0 saturated carbocycles. The Labute approximate surface area is 98.2 Å². The van der Waals surface area contributed by atoms with Crippen molar-refractivity contribution >= 4 is 17.6 Å². The van der Waals surface area contributed by atoms with Crippen LogP contribution in [0.25, 0.3) is 0 Å². The fraction of sp³-hybridized carbons (Fsp3) is 0.500. The highest BCUT2D eigenvalue weighted by atomic mass is 16.5. The van der Waals surface area contributed by atoms with Crippen molar-refractivity contribution in [2.24, 2.45) is 0 Å². The number of aliphatic hydroxyl groups excluding tert-OH is 1. The molecule has 0 bridgehead atoms. The van der Waals surface area contributed by atoms with E-state index in [4.69, 9.17) is 9.63 Å². The molecule has 0 fully saturated rings. The third-order valence-electron chi connectivity index (χ3n) is 2.12. The highest BCUT2D eigenvalue weighted by Crippen LogP contribution is 2.06. The van der Waals surface area contributed by atoms with Gasteiger partial charge in [-0.2, -0.15) is 0 Å². The first kappa shape index (κ1) is 13.2. The maximum absolute atomic E-state index is 11.4. The van der Waals surface area contributed by atoms with Crippen molar-refractivity contribution in [3.8, 4) is 0 Å². The van der Waals surface area contributed by atoms with E-state index >= 15 is 0 Å². The van der Waals surface area contributed by atoms with Gasteiger partial charge >= 0.3 is 11.8 Å². The smallest absolute Gasteiger partial charge is 0.314 e. The summed E-state index contributed by atoms with van der Waals surface area (Å²) in [6, 6.07) is 1.07. The van der Waals surface area contributed by atoms with Gasteiger partial charge in [0.15, 0.2) is 5.82 Å². The van der Waals surface area contributed by atoms with Crippen LogP contribution in [0.1, 0.15) is 19.1 Å². The molecule has 1 unspecified atom stereocenters. The maximum Gasteiger partial charge on any atom is 0.314 e. The van der Waals surface area contributed by atoms with E-state index in [1.165, 1.54) is 6.07 Å². The Bertz CT molecular complexity index is 398. The van der Waals surface area contributed by atoms with E-state index in [9.17, 15) is 9.59 Å². The number of amides is 2. The number of carbonyl (C=O) groups excluding carboxylic acids is 2. The average Bonchev–Trinajstić information content (AvgIpc) is 2.71. The van der Waals surface area contributed by atoms with Crippen LogP contribution in [0.3, 0.4) is 0 Å². The Morgan fingerprint density at radius 3 is 2.71 bits per heavy atom. The third kappa shape index (κ3) is 3.87. The fourth-order valence-electron chi connectivity index (χ4n) is 1.13. The Kier molecular flexibility index (Phi) is 4.65. The number of aromatic nitrogens is 1. The van der Waals surface area contributed by atoms with Crippen LogP contribution in [-0.2, 0) is 9.59 Å². The van der Waals surface area contributed by atoms with Gasteiger partial charge in [0, 0.05) is 6.07 Å². The monoisotopic (exact) mass is 241 g/mol. The number of rotatable bonds is 4. The standard InChI is InChI=1S/C10H15N3O4/c1-3-7(5-14)11-9(15)10(16)12-8-4-6(2)17-13-8/h4,7,14H,3,5H2,1-2H3,(H,11,15)(H,12,13,16). The second kappa shape index (κ2) is 6.00. The molecule has 0 aliphatic rings. The summed E-state index contributed by atoms with van der Waals surface area (Å²) in [4.78, 5) is 22.8. The molecule has 0 aliphatic heterocycles. The largest absolute Gasteiger partial charge is 0.394 e. The number of carbonyl (C=O) groups is 2. The van der Waals surface area contributed by atoms with Crippen molar-refractivity contribution in [3.05, 3.63) is 11.8 Å². The SMILES string of the molecule is CCC(CO)NC(=O)C(=O)Nc1cc(C)on1. The summed E-state index contributed by atoms with van der Waals surface area (Å²) < 4.78 is 4.73. The van der Waals surface area contributed by atoms with Gasteiger partial charge < -0.3 is 14.9 Å². The number of hydrogen-bond donors (Lipinski definition) is 3. The molecule has 17 heavy (non-hydrogen) atoms. The molecule has 1 atom stereocenters. The van der Waals surface area contributed by atoms with Crippen molar-refractivity contribution < 1.29 is 19.2 Å². The second-order valence-corrected chi connectivity index (χ2v) is 3.54. The van der Waals surface area contributed by atoms with Gasteiger partial charge in [0.1, 0.15) is 5.76 Å². The van der Waals surface area contributed by atoms with Gasteiger partial charge in [-0.15, -0.1) is 0 Å². The molecule has 2 amide bonds. The van der Waals surface area contributed by atoms with Crippen LogP contribution >= 0.6 is 0 Å². The van der Waals surface area contributed by atoms with Crippen molar-refractivity contribution in [2.75, 3.05) is 11.9 Å². The van der Waals surface area contributed by atoms with Crippen molar-refractivity contribution in [1.29, 1.82) is 0 Å². The summed E-state index contributed by atoms with van der Waals surface area (Å²) in [6.45, 7) is 3.25. The van der Waals surface area contributed by atoms with Gasteiger partial charge in [-0.05, 0) is 13.3 Å². The summed E-state index contributed by atoms with van der Waals surface area (Å²) in [6.07, 6.45) is 0.540.